The molecule has 4 heteroatoms. The van der Waals surface area contributed by atoms with Crippen LogP contribution in [0.5, 0.6) is 0 Å². The minimum Gasteiger partial charge on any atom is -0.467 e. The Morgan fingerprint density at radius 3 is 2.60 bits per heavy atom. The Hall–Kier alpha value is -2.80. The zero-order valence-electron chi connectivity index (χ0n) is 11.1. The molecule has 4 nitrogen and oxygen atoms in total. The molecule has 2 aromatic rings. The van der Waals surface area contributed by atoms with Crippen LogP contribution in [0, 0.1) is 11.3 Å². The quantitative estimate of drug-likeness (QED) is 0.683. The van der Waals surface area contributed by atoms with Gasteiger partial charge in [-0.2, -0.15) is 5.26 Å². The van der Waals surface area contributed by atoms with E-state index in [0.29, 0.717) is 11.3 Å². The van der Waals surface area contributed by atoms with Crippen LogP contribution in [0.4, 0.5) is 0 Å². The van der Waals surface area contributed by atoms with Gasteiger partial charge in [-0.05, 0) is 30.2 Å². The number of hydrogen-bond acceptors (Lipinski definition) is 3. The van der Waals surface area contributed by atoms with Gasteiger partial charge in [0.25, 0.3) is 5.91 Å². The number of nitrogens with zero attached hydrogens (tertiary/aromatic N) is 1. The third kappa shape index (κ3) is 3.15. The maximum absolute atomic E-state index is 12.1. The largest absolute Gasteiger partial charge is 0.467 e. The van der Waals surface area contributed by atoms with E-state index in [1.165, 1.54) is 6.26 Å². The van der Waals surface area contributed by atoms with Crippen LogP contribution in [0.3, 0.4) is 0 Å². The summed E-state index contributed by atoms with van der Waals surface area (Å²) in [5.41, 5.74) is 1.63. The fraction of sp³-hybridized carbons (Fsp3) is 0.125. The summed E-state index contributed by atoms with van der Waals surface area (Å²) in [6.45, 7) is 2.03. The lowest BCUT2D eigenvalue weighted by molar-refractivity contribution is -0.117. The molecule has 20 heavy (non-hydrogen) atoms. The Bertz CT molecular complexity index is 650. The average molecular weight is 266 g/mol. The summed E-state index contributed by atoms with van der Waals surface area (Å²) in [4.78, 5) is 12.1. The van der Waals surface area contributed by atoms with E-state index in [9.17, 15) is 10.1 Å². The number of rotatable bonds is 4. The molecule has 0 atom stereocenters. The zero-order valence-corrected chi connectivity index (χ0v) is 11.1. The van der Waals surface area contributed by atoms with Gasteiger partial charge in [0.1, 0.15) is 17.4 Å². The highest BCUT2D eigenvalue weighted by Gasteiger charge is 2.13. The summed E-state index contributed by atoms with van der Waals surface area (Å²) in [6, 6.07) is 14.8. The van der Waals surface area contributed by atoms with Gasteiger partial charge in [-0.15, -0.1) is 0 Å². The van der Waals surface area contributed by atoms with Gasteiger partial charge in [-0.3, -0.25) is 4.79 Å². The van der Waals surface area contributed by atoms with Crippen molar-refractivity contribution in [2.24, 2.45) is 0 Å². The van der Waals surface area contributed by atoms with Crippen LogP contribution in [0.2, 0.25) is 0 Å². The molecule has 0 unspecified atom stereocenters. The molecule has 0 aliphatic heterocycles. The molecule has 2 rings (SSSR count). The molecule has 1 amide bonds. The number of benzene rings is 1. The summed E-state index contributed by atoms with van der Waals surface area (Å²) in [6.07, 6.45) is 1.54. The molecule has 0 fully saturated rings. The van der Waals surface area contributed by atoms with E-state index in [4.69, 9.17) is 4.42 Å². The van der Waals surface area contributed by atoms with E-state index in [2.05, 4.69) is 5.32 Å². The summed E-state index contributed by atoms with van der Waals surface area (Å²) >= 11 is 0. The summed E-state index contributed by atoms with van der Waals surface area (Å²) in [5.74, 6) is 0.248. The van der Waals surface area contributed by atoms with Crippen molar-refractivity contribution >= 4 is 11.5 Å². The Morgan fingerprint density at radius 2 is 2.00 bits per heavy atom. The molecule has 0 spiro atoms. The second-order valence-electron chi connectivity index (χ2n) is 4.24. The van der Waals surface area contributed by atoms with E-state index < -0.39 is 5.91 Å². The van der Waals surface area contributed by atoms with Gasteiger partial charge in [0.15, 0.2) is 0 Å². The molecule has 1 aromatic carbocycles. The van der Waals surface area contributed by atoms with E-state index in [0.717, 1.165) is 5.56 Å². The second kappa shape index (κ2) is 6.39. The van der Waals surface area contributed by atoms with Gasteiger partial charge in [-0.25, -0.2) is 0 Å². The number of amides is 1. The van der Waals surface area contributed by atoms with E-state index in [1.54, 1.807) is 19.1 Å². The standard InChI is InChI=1S/C16H14N2O2/c1-12(13-6-3-2-4-7-13)15(10-17)16(19)18-11-14-8-5-9-20-14/h2-9H,11H2,1H3,(H,18,19)/b15-12+. The summed E-state index contributed by atoms with van der Waals surface area (Å²) in [5, 5.41) is 11.9. The predicted molar refractivity (Wildman–Crippen MR) is 75.2 cm³/mol. The van der Waals surface area contributed by atoms with Crippen molar-refractivity contribution in [1.29, 1.82) is 5.26 Å². The Morgan fingerprint density at radius 1 is 1.25 bits per heavy atom. The van der Waals surface area contributed by atoms with Crippen molar-refractivity contribution in [3.63, 3.8) is 0 Å². The minimum absolute atomic E-state index is 0.114. The van der Waals surface area contributed by atoms with Crippen LogP contribution in [0.15, 0.2) is 58.7 Å². The number of nitriles is 1. The first-order valence-electron chi connectivity index (χ1n) is 6.19. The number of allylic oxidation sites excluding steroid dienone is 1. The molecule has 0 saturated heterocycles. The van der Waals surface area contributed by atoms with Crippen molar-refractivity contribution in [3.8, 4) is 6.07 Å². The summed E-state index contributed by atoms with van der Waals surface area (Å²) < 4.78 is 5.13. The third-order valence-electron chi connectivity index (χ3n) is 2.92. The number of carbonyl (C=O) groups is 1. The molecule has 0 saturated carbocycles. The predicted octanol–water partition coefficient (Wildman–Crippen LogP) is 2.89. The Kier molecular flexibility index (Phi) is 4.35. The van der Waals surface area contributed by atoms with Gasteiger partial charge in [0.05, 0.1) is 12.8 Å². The van der Waals surface area contributed by atoms with Gasteiger partial charge >= 0.3 is 0 Å². The number of hydrogen-bond donors (Lipinski definition) is 1. The van der Waals surface area contributed by atoms with Crippen molar-refractivity contribution < 1.29 is 9.21 Å². The zero-order chi connectivity index (χ0) is 14.4. The van der Waals surface area contributed by atoms with Crippen LogP contribution >= 0.6 is 0 Å². The Balaban J connectivity index is 2.15. The normalized spacial score (nSPS) is 11.4. The molecular formula is C16H14N2O2. The van der Waals surface area contributed by atoms with Gasteiger partial charge < -0.3 is 9.73 Å². The number of furan rings is 1. The first-order valence-corrected chi connectivity index (χ1v) is 6.19. The lowest BCUT2D eigenvalue weighted by Crippen LogP contribution is -2.24. The molecular weight excluding hydrogens is 252 g/mol. The minimum atomic E-state index is -0.398. The van der Waals surface area contributed by atoms with Crippen LogP contribution in [-0.2, 0) is 11.3 Å². The Labute approximate surface area is 117 Å². The van der Waals surface area contributed by atoms with E-state index in [1.807, 2.05) is 36.4 Å². The SMILES string of the molecule is C/C(=C(/C#N)C(=O)NCc1ccco1)c1ccccc1. The highest BCUT2D eigenvalue weighted by molar-refractivity contribution is 6.04. The summed E-state index contributed by atoms with van der Waals surface area (Å²) in [7, 11) is 0. The first kappa shape index (κ1) is 13.6. The number of carbonyl (C=O) groups excluding carboxylic acids is 1. The molecule has 1 N–H and O–H groups in total. The molecule has 100 valence electrons. The monoisotopic (exact) mass is 266 g/mol. The van der Waals surface area contributed by atoms with Crippen molar-refractivity contribution in [2.75, 3.05) is 0 Å². The lowest BCUT2D eigenvalue weighted by Gasteiger charge is -2.06. The average Bonchev–Trinajstić information content (AvgIpc) is 3.00. The van der Waals surface area contributed by atoms with Gasteiger partial charge in [-0.1, -0.05) is 30.3 Å². The van der Waals surface area contributed by atoms with Crippen molar-refractivity contribution in [2.45, 2.75) is 13.5 Å². The van der Waals surface area contributed by atoms with Gasteiger partial charge in [0, 0.05) is 0 Å². The maximum Gasteiger partial charge on any atom is 0.262 e. The van der Waals surface area contributed by atoms with Crippen molar-refractivity contribution in [3.05, 3.63) is 65.6 Å². The molecule has 0 aliphatic carbocycles. The molecule has 0 bridgehead atoms. The van der Waals surface area contributed by atoms with Crippen molar-refractivity contribution in [1.82, 2.24) is 5.32 Å². The van der Waals surface area contributed by atoms with Crippen LogP contribution in [0.1, 0.15) is 18.2 Å². The van der Waals surface area contributed by atoms with E-state index >= 15 is 0 Å². The molecule has 0 radical (unpaired) electrons. The molecule has 0 aliphatic rings. The highest BCUT2D eigenvalue weighted by Crippen LogP contribution is 2.17. The second-order valence-corrected chi connectivity index (χ2v) is 4.24. The topological polar surface area (TPSA) is 66.0 Å². The smallest absolute Gasteiger partial charge is 0.262 e. The van der Waals surface area contributed by atoms with Gasteiger partial charge in [0.2, 0.25) is 0 Å². The fourth-order valence-corrected chi connectivity index (χ4v) is 1.81. The lowest BCUT2D eigenvalue weighted by atomic mass is 10.0. The first-order chi connectivity index (χ1) is 9.72. The maximum atomic E-state index is 12.1. The third-order valence-corrected chi connectivity index (χ3v) is 2.92. The van der Waals surface area contributed by atoms with Crippen LogP contribution < -0.4 is 5.32 Å². The van der Waals surface area contributed by atoms with E-state index in [-0.39, 0.29) is 12.1 Å². The molecule has 1 aromatic heterocycles. The van der Waals surface area contributed by atoms with Crippen LogP contribution in [-0.4, -0.2) is 5.91 Å². The highest BCUT2D eigenvalue weighted by atomic mass is 16.3. The van der Waals surface area contributed by atoms with Crippen LogP contribution in [0.25, 0.3) is 5.57 Å². The number of nitrogens with one attached hydrogen (secondary N) is 1. The fourth-order valence-electron chi connectivity index (χ4n) is 1.81. The molecule has 1 heterocycles.